The Morgan fingerprint density at radius 2 is 1.20 bits per heavy atom. The Bertz CT molecular complexity index is 1380. The summed E-state index contributed by atoms with van der Waals surface area (Å²) in [6.07, 6.45) is 0.0571. The van der Waals surface area contributed by atoms with Crippen LogP contribution in [0.2, 0.25) is 0 Å². The largest absolute Gasteiger partial charge is 0.491 e. The minimum atomic E-state index is -1.25. The minimum absolute atomic E-state index is 0.0571. The second kappa shape index (κ2) is 14.5. The molecule has 0 aromatic heterocycles. The molecule has 41 heavy (non-hydrogen) atoms. The molecule has 0 unspecified atom stereocenters. The molecule has 4 aromatic rings. The zero-order valence-corrected chi connectivity index (χ0v) is 23.4. The van der Waals surface area contributed by atoms with Crippen LogP contribution in [0.15, 0.2) is 114 Å². The van der Waals surface area contributed by atoms with Crippen molar-refractivity contribution < 1.29 is 19.1 Å². The number of amides is 3. The highest BCUT2D eigenvalue weighted by molar-refractivity contribution is 7.98. The van der Waals surface area contributed by atoms with Crippen molar-refractivity contribution in [3.63, 3.8) is 0 Å². The second-order valence-corrected chi connectivity index (χ2v) is 10.0. The lowest BCUT2D eigenvalue weighted by Gasteiger charge is -2.19. The summed E-state index contributed by atoms with van der Waals surface area (Å²) in [7, 11) is 0. The van der Waals surface area contributed by atoms with Crippen LogP contribution in [0.3, 0.4) is 0 Å². The first-order valence-corrected chi connectivity index (χ1v) is 13.8. The van der Waals surface area contributed by atoms with Gasteiger partial charge < -0.3 is 20.8 Å². The number of benzene rings is 4. The number of hydrogen-bond donors (Lipinski definition) is 5. The van der Waals surface area contributed by atoms with Gasteiger partial charge in [-0.1, -0.05) is 36.4 Å². The zero-order chi connectivity index (χ0) is 29.0. The Balaban J connectivity index is 1.34. The summed E-state index contributed by atoms with van der Waals surface area (Å²) in [6.45, 7) is 3.88. The van der Waals surface area contributed by atoms with Gasteiger partial charge in [0.1, 0.15) is 5.75 Å². The van der Waals surface area contributed by atoms with E-state index in [-0.39, 0.29) is 12.0 Å². The van der Waals surface area contributed by atoms with Crippen LogP contribution in [-0.4, -0.2) is 29.9 Å². The van der Waals surface area contributed by atoms with Gasteiger partial charge in [0, 0.05) is 27.5 Å². The van der Waals surface area contributed by atoms with Crippen LogP contribution in [0, 0.1) is 0 Å². The van der Waals surface area contributed by atoms with Crippen molar-refractivity contribution in [3.05, 3.63) is 115 Å². The van der Waals surface area contributed by atoms with Gasteiger partial charge in [0.25, 0.3) is 17.7 Å². The molecule has 10 heteroatoms. The molecule has 0 radical (unpaired) electrons. The van der Waals surface area contributed by atoms with Crippen molar-refractivity contribution in [2.75, 3.05) is 16.1 Å². The average molecular weight is 570 g/mol. The summed E-state index contributed by atoms with van der Waals surface area (Å²) >= 11 is 1.18. The molecule has 0 spiro atoms. The summed E-state index contributed by atoms with van der Waals surface area (Å²) in [5.74, 6) is -0.587. The third-order valence-electron chi connectivity index (χ3n) is 5.57. The van der Waals surface area contributed by atoms with Gasteiger partial charge in [0.2, 0.25) is 0 Å². The summed E-state index contributed by atoms with van der Waals surface area (Å²) in [5, 5.41) is 5.51. The Labute approximate surface area is 243 Å². The molecule has 4 aromatic carbocycles. The topological polar surface area (TPSA) is 121 Å². The molecular weight excluding hydrogens is 538 g/mol. The molecule has 5 N–H and O–H groups in total. The van der Waals surface area contributed by atoms with Crippen LogP contribution in [0.25, 0.3) is 0 Å². The van der Waals surface area contributed by atoms with Gasteiger partial charge in [-0.05, 0) is 98.6 Å². The molecule has 3 amide bonds. The maximum atomic E-state index is 13.0. The highest BCUT2D eigenvalue weighted by Gasteiger charge is 2.27. The summed E-state index contributed by atoms with van der Waals surface area (Å²) in [6, 6.07) is 30.6. The van der Waals surface area contributed by atoms with Gasteiger partial charge in [-0.25, -0.2) is 5.43 Å². The van der Waals surface area contributed by atoms with E-state index in [0.717, 1.165) is 4.90 Å². The first-order chi connectivity index (χ1) is 19.9. The van der Waals surface area contributed by atoms with Crippen LogP contribution in [0.1, 0.15) is 24.2 Å². The number of rotatable bonds is 12. The van der Waals surface area contributed by atoms with E-state index in [2.05, 4.69) is 26.2 Å². The Morgan fingerprint density at radius 3 is 1.71 bits per heavy atom. The number of nitrogens with one attached hydrogen (secondary N) is 5. The molecule has 210 valence electrons. The van der Waals surface area contributed by atoms with Crippen molar-refractivity contribution in [2.45, 2.75) is 30.9 Å². The molecule has 4 rings (SSSR count). The molecule has 0 saturated heterocycles. The fourth-order valence-electron chi connectivity index (χ4n) is 3.61. The fourth-order valence-corrected chi connectivity index (χ4v) is 4.21. The Hall–Kier alpha value is -4.80. The number of anilines is 3. The first-order valence-electron chi connectivity index (χ1n) is 12.9. The molecule has 0 atom stereocenters. The number of para-hydroxylation sites is 2. The normalized spacial score (nSPS) is 10.6. The third kappa shape index (κ3) is 9.13. The minimum Gasteiger partial charge on any atom is -0.491 e. The highest BCUT2D eigenvalue weighted by atomic mass is 32.2. The van der Waals surface area contributed by atoms with E-state index in [0.29, 0.717) is 28.4 Å². The van der Waals surface area contributed by atoms with E-state index in [1.54, 1.807) is 97.1 Å². The smallest absolute Gasteiger partial charge is 0.261 e. The van der Waals surface area contributed by atoms with Crippen LogP contribution in [0.4, 0.5) is 17.1 Å². The standard InChI is InChI=1S/C31H31N5O4S/c1-21(2)40-26-17-13-22(14-18-26)29(37)36-41-27-19-15-25(16-20-27)34-35-28(30(38)32-23-9-5-3-6-10-23)31(39)33-24-11-7-4-8-12-24/h3-21,28,34-35H,1-2H3,(H,32,38)(H,33,39)(H,36,37). The van der Waals surface area contributed by atoms with Crippen LogP contribution in [0.5, 0.6) is 5.75 Å². The monoisotopic (exact) mass is 569 g/mol. The van der Waals surface area contributed by atoms with E-state index in [1.165, 1.54) is 11.9 Å². The van der Waals surface area contributed by atoms with Crippen molar-refractivity contribution in [1.29, 1.82) is 0 Å². The molecule has 0 aliphatic carbocycles. The number of carbonyl (C=O) groups excluding carboxylic acids is 3. The molecule has 0 aliphatic heterocycles. The molecular formula is C31H31N5O4S. The van der Waals surface area contributed by atoms with Gasteiger partial charge in [-0.3, -0.25) is 19.1 Å². The van der Waals surface area contributed by atoms with E-state index in [9.17, 15) is 14.4 Å². The van der Waals surface area contributed by atoms with Gasteiger partial charge in [0.15, 0.2) is 6.04 Å². The molecule has 0 aliphatic rings. The summed E-state index contributed by atoms with van der Waals surface area (Å²) in [5.41, 5.74) is 8.03. The molecule has 0 bridgehead atoms. The number of ether oxygens (including phenoxy) is 1. The van der Waals surface area contributed by atoms with E-state index < -0.39 is 17.9 Å². The predicted octanol–water partition coefficient (Wildman–Crippen LogP) is 5.47. The second-order valence-electron chi connectivity index (χ2n) is 9.16. The number of carbonyl (C=O) groups is 3. The molecule has 9 nitrogen and oxygen atoms in total. The number of hydrazine groups is 1. The van der Waals surface area contributed by atoms with Crippen LogP contribution >= 0.6 is 11.9 Å². The predicted molar refractivity (Wildman–Crippen MR) is 163 cm³/mol. The fraction of sp³-hybridized carbons (Fsp3) is 0.129. The summed E-state index contributed by atoms with van der Waals surface area (Å²) in [4.78, 5) is 39.4. The Kier molecular flexibility index (Phi) is 10.4. The van der Waals surface area contributed by atoms with Gasteiger partial charge in [0.05, 0.1) is 6.10 Å². The van der Waals surface area contributed by atoms with Crippen LogP contribution < -0.4 is 30.9 Å². The first kappa shape index (κ1) is 29.2. The zero-order valence-electron chi connectivity index (χ0n) is 22.6. The van der Waals surface area contributed by atoms with Crippen LogP contribution in [-0.2, 0) is 9.59 Å². The van der Waals surface area contributed by atoms with Crippen molar-refractivity contribution in [3.8, 4) is 5.75 Å². The van der Waals surface area contributed by atoms with E-state index >= 15 is 0 Å². The maximum absolute atomic E-state index is 13.0. The third-order valence-corrected chi connectivity index (χ3v) is 6.37. The van der Waals surface area contributed by atoms with E-state index in [4.69, 9.17) is 4.74 Å². The average Bonchev–Trinajstić information content (AvgIpc) is 2.98. The summed E-state index contributed by atoms with van der Waals surface area (Å²) < 4.78 is 8.43. The molecule has 0 fully saturated rings. The molecule has 0 heterocycles. The molecule has 0 saturated carbocycles. The van der Waals surface area contributed by atoms with Gasteiger partial charge >= 0.3 is 0 Å². The van der Waals surface area contributed by atoms with Gasteiger partial charge in [-0.15, -0.1) is 0 Å². The highest BCUT2D eigenvalue weighted by Crippen LogP contribution is 2.19. The SMILES string of the molecule is CC(C)Oc1ccc(C(=O)NSc2ccc(NNC(C(=O)Nc3ccccc3)C(=O)Nc3ccccc3)cc2)cc1. The lowest BCUT2D eigenvalue weighted by Crippen LogP contribution is -2.51. The lowest BCUT2D eigenvalue weighted by molar-refractivity contribution is -0.126. The number of hydrogen-bond acceptors (Lipinski definition) is 7. The van der Waals surface area contributed by atoms with Crippen molar-refractivity contribution >= 4 is 46.7 Å². The quantitative estimate of drug-likeness (QED) is 0.0871. The van der Waals surface area contributed by atoms with Gasteiger partial charge in [-0.2, -0.15) is 0 Å². The van der Waals surface area contributed by atoms with Crippen molar-refractivity contribution in [2.24, 2.45) is 0 Å². The lowest BCUT2D eigenvalue weighted by atomic mass is 10.2. The maximum Gasteiger partial charge on any atom is 0.261 e. The van der Waals surface area contributed by atoms with Crippen molar-refractivity contribution in [1.82, 2.24) is 10.1 Å². The van der Waals surface area contributed by atoms with E-state index in [1.807, 2.05) is 26.0 Å². The Morgan fingerprint density at radius 1 is 0.659 bits per heavy atom.